The van der Waals surface area contributed by atoms with E-state index in [1.807, 2.05) is 24.1 Å². The van der Waals surface area contributed by atoms with Crippen LogP contribution >= 0.6 is 11.8 Å². The minimum Gasteiger partial charge on any atom is -0.368 e. The largest absolute Gasteiger partial charge is 0.368 e. The Morgan fingerprint density at radius 3 is 2.50 bits per heavy atom. The monoisotopic (exact) mass is 471 g/mol. The molecule has 0 bridgehead atoms. The number of hydrogen-bond donors (Lipinski definition) is 2. The molecule has 6 nitrogen and oxygen atoms in total. The van der Waals surface area contributed by atoms with Gasteiger partial charge >= 0.3 is 0 Å². The first-order chi connectivity index (χ1) is 16.5. The van der Waals surface area contributed by atoms with Gasteiger partial charge in [0.2, 0.25) is 5.95 Å². The van der Waals surface area contributed by atoms with Gasteiger partial charge in [0.1, 0.15) is 0 Å². The number of anilines is 1. The van der Waals surface area contributed by atoms with Crippen molar-refractivity contribution in [3.05, 3.63) is 77.7 Å². The Hall–Kier alpha value is -3.32. The summed E-state index contributed by atoms with van der Waals surface area (Å²) in [6, 6.07) is 14.8. The van der Waals surface area contributed by atoms with Gasteiger partial charge in [0.25, 0.3) is 5.91 Å². The number of para-hydroxylation sites is 1. The number of amides is 1. The molecule has 1 fully saturated rings. The Bertz CT molecular complexity index is 1310. The van der Waals surface area contributed by atoms with E-state index in [2.05, 4.69) is 57.7 Å². The maximum absolute atomic E-state index is 13.1. The molecule has 0 spiro atoms. The van der Waals surface area contributed by atoms with Gasteiger partial charge < -0.3 is 15.6 Å². The van der Waals surface area contributed by atoms with Crippen LogP contribution in [0.25, 0.3) is 22.0 Å². The topological polar surface area (TPSA) is 87.9 Å². The molecule has 1 aliphatic carbocycles. The Morgan fingerprint density at radius 1 is 1.12 bits per heavy atom. The van der Waals surface area contributed by atoms with Crippen LogP contribution in [-0.4, -0.2) is 51.4 Å². The number of nitrogens with zero attached hydrogens (tertiary/aromatic N) is 3. The lowest BCUT2D eigenvalue weighted by Gasteiger charge is -2.43. The summed E-state index contributed by atoms with van der Waals surface area (Å²) >= 11 is 1.75. The number of benzene rings is 2. The molecule has 0 atom stereocenters. The summed E-state index contributed by atoms with van der Waals surface area (Å²) < 4.78 is 0. The number of carbonyl (C=O) groups is 1. The third kappa shape index (κ3) is 3.84. The fourth-order valence-electron chi connectivity index (χ4n) is 4.98. The summed E-state index contributed by atoms with van der Waals surface area (Å²) in [6.07, 6.45) is 11.1. The highest BCUT2D eigenvalue weighted by Gasteiger charge is 2.42. The highest BCUT2D eigenvalue weighted by molar-refractivity contribution is 7.98. The molecule has 1 aliphatic rings. The number of H-pyrrole nitrogens is 1. The third-order valence-electron chi connectivity index (χ3n) is 7.09. The van der Waals surface area contributed by atoms with E-state index >= 15 is 0 Å². The normalized spacial score (nSPS) is 14.6. The maximum atomic E-state index is 13.1. The molecule has 7 heteroatoms. The van der Waals surface area contributed by atoms with Crippen molar-refractivity contribution in [1.29, 1.82) is 0 Å². The van der Waals surface area contributed by atoms with Crippen LogP contribution in [0.15, 0.2) is 61.1 Å². The number of aromatic amines is 1. The van der Waals surface area contributed by atoms with Crippen molar-refractivity contribution < 1.29 is 4.79 Å². The molecular formula is C27H29N5OS. The molecule has 0 radical (unpaired) electrons. The average Bonchev–Trinajstić information content (AvgIpc) is 3.27. The number of fused-ring (bicyclic) bond motifs is 1. The number of nitrogens with two attached hydrogens (primary N) is 1. The smallest absolute Gasteiger partial charge is 0.255 e. The molecular weight excluding hydrogens is 442 g/mol. The molecule has 1 saturated carbocycles. The fourth-order valence-corrected chi connectivity index (χ4v) is 5.43. The predicted molar refractivity (Wildman–Crippen MR) is 140 cm³/mol. The second-order valence-corrected chi connectivity index (χ2v) is 9.98. The molecule has 1 amide bonds. The molecule has 0 unspecified atom stereocenters. The number of nitrogen functional groups attached to an aromatic ring is 1. The second-order valence-electron chi connectivity index (χ2n) is 8.99. The Kier molecular flexibility index (Phi) is 6.04. The van der Waals surface area contributed by atoms with E-state index < -0.39 is 0 Å². The van der Waals surface area contributed by atoms with Gasteiger partial charge in [-0.1, -0.05) is 42.8 Å². The third-order valence-corrected chi connectivity index (χ3v) is 7.68. The van der Waals surface area contributed by atoms with Crippen molar-refractivity contribution in [2.45, 2.75) is 24.7 Å². The highest BCUT2D eigenvalue weighted by Crippen LogP contribution is 2.51. The highest BCUT2D eigenvalue weighted by atomic mass is 32.2. The van der Waals surface area contributed by atoms with E-state index in [1.165, 1.54) is 17.5 Å². The predicted octanol–water partition coefficient (Wildman–Crippen LogP) is 5.11. The molecule has 3 N–H and O–H groups in total. The first-order valence-electron chi connectivity index (χ1n) is 11.6. The van der Waals surface area contributed by atoms with E-state index in [0.29, 0.717) is 0 Å². The minimum absolute atomic E-state index is 0.0409. The molecule has 0 saturated heterocycles. The Morgan fingerprint density at radius 2 is 1.85 bits per heavy atom. The van der Waals surface area contributed by atoms with Crippen molar-refractivity contribution in [2.75, 3.05) is 31.3 Å². The van der Waals surface area contributed by atoms with Crippen LogP contribution in [0.3, 0.4) is 0 Å². The van der Waals surface area contributed by atoms with Crippen LogP contribution in [0.1, 0.15) is 40.7 Å². The Labute approximate surface area is 204 Å². The van der Waals surface area contributed by atoms with Crippen molar-refractivity contribution >= 4 is 34.5 Å². The number of rotatable bonds is 7. The van der Waals surface area contributed by atoms with Crippen molar-refractivity contribution in [3.8, 4) is 11.1 Å². The van der Waals surface area contributed by atoms with Gasteiger partial charge in [0.15, 0.2) is 0 Å². The molecule has 2 heterocycles. The molecule has 4 aromatic rings. The van der Waals surface area contributed by atoms with Crippen LogP contribution in [0, 0.1) is 0 Å². The van der Waals surface area contributed by atoms with Gasteiger partial charge in [-0.3, -0.25) is 4.79 Å². The van der Waals surface area contributed by atoms with Gasteiger partial charge in [0.05, 0.1) is 11.1 Å². The summed E-state index contributed by atoms with van der Waals surface area (Å²) in [5, 5.41) is 1.14. The van der Waals surface area contributed by atoms with E-state index in [1.54, 1.807) is 24.2 Å². The summed E-state index contributed by atoms with van der Waals surface area (Å²) in [5.41, 5.74) is 11.8. The number of hydrogen-bond acceptors (Lipinski definition) is 5. The van der Waals surface area contributed by atoms with Gasteiger partial charge in [-0.15, -0.1) is 0 Å². The zero-order chi connectivity index (χ0) is 23.7. The average molecular weight is 472 g/mol. The first kappa shape index (κ1) is 22.5. The second kappa shape index (κ2) is 9.14. The lowest BCUT2D eigenvalue weighted by molar-refractivity contribution is 0.0805. The molecule has 2 aromatic carbocycles. The van der Waals surface area contributed by atoms with Gasteiger partial charge in [-0.2, -0.15) is 11.8 Å². The standard InChI is InChI=1S/C27H29N5OS/c1-32(13-14-34-2)25(33)22-6-3-5-21-23(17-29-24(21)22)27(11-4-12-27)20-9-7-18(8-10-20)19-15-30-26(28)31-16-19/h3,5-10,15-17,29H,4,11-14H2,1-2H3,(H2,28,30,31). The molecule has 2 aromatic heterocycles. The number of carbonyl (C=O) groups excluding carboxylic acids is 1. The number of nitrogens with one attached hydrogen (secondary N) is 1. The van der Waals surface area contributed by atoms with Crippen LogP contribution < -0.4 is 5.73 Å². The van der Waals surface area contributed by atoms with Crippen LogP contribution in [0.5, 0.6) is 0 Å². The van der Waals surface area contributed by atoms with Gasteiger partial charge in [0, 0.05) is 54.3 Å². The molecule has 0 aliphatic heterocycles. The minimum atomic E-state index is -0.0409. The zero-order valence-corrected chi connectivity index (χ0v) is 20.4. The van der Waals surface area contributed by atoms with Gasteiger partial charge in [-0.05, 0) is 41.9 Å². The van der Waals surface area contributed by atoms with Gasteiger partial charge in [-0.25, -0.2) is 9.97 Å². The summed E-state index contributed by atoms with van der Waals surface area (Å²) in [4.78, 5) is 26.6. The van der Waals surface area contributed by atoms with E-state index in [-0.39, 0.29) is 17.3 Å². The van der Waals surface area contributed by atoms with E-state index in [0.717, 1.165) is 52.7 Å². The van der Waals surface area contributed by atoms with Crippen molar-refractivity contribution in [2.24, 2.45) is 0 Å². The quantitative estimate of drug-likeness (QED) is 0.391. The van der Waals surface area contributed by atoms with Crippen LogP contribution in [0.4, 0.5) is 5.95 Å². The van der Waals surface area contributed by atoms with E-state index in [4.69, 9.17) is 5.73 Å². The fraction of sp³-hybridized carbons (Fsp3) is 0.296. The van der Waals surface area contributed by atoms with Crippen LogP contribution in [-0.2, 0) is 5.41 Å². The molecule has 34 heavy (non-hydrogen) atoms. The van der Waals surface area contributed by atoms with Crippen molar-refractivity contribution in [3.63, 3.8) is 0 Å². The zero-order valence-electron chi connectivity index (χ0n) is 19.5. The lowest BCUT2D eigenvalue weighted by atomic mass is 9.60. The first-order valence-corrected chi connectivity index (χ1v) is 13.0. The maximum Gasteiger partial charge on any atom is 0.255 e. The SMILES string of the molecule is CSCCN(C)C(=O)c1cccc2c(C3(c4ccc(-c5cnc(N)nc5)cc4)CCC3)c[nH]c12. The summed E-state index contributed by atoms with van der Waals surface area (Å²) in [6.45, 7) is 0.735. The lowest BCUT2D eigenvalue weighted by Crippen LogP contribution is -2.35. The summed E-state index contributed by atoms with van der Waals surface area (Å²) in [7, 11) is 1.88. The Balaban J connectivity index is 1.50. The summed E-state index contributed by atoms with van der Waals surface area (Å²) in [5.74, 6) is 1.27. The molecule has 5 rings (SSSR count). The molecule has 174 valence electrons. The van der Waals surface area contributed by atoms with Crippen LogP contribution in [0.2, 0.25) is 0 Å². The van der Waals surface area contributed by atoms with E-state index in [9.17, 15) is 4.79 Å². The van der Waals surface area contributed by atoms with Crippen molar-refractivity contribution in [1.82, 2.24) is 19.9 Å². The number of thioether (sulfide) groups is 1. The number of aromatic nitrogens is 3.